The first-order valence-electron chi connectivity index (χ1n) is 10.6. The van der Waals surface area contributed by atoms with Gasteiger partial charge in [0.1, 0.15) is 0 Å². The highest BCUT2D eigenvalue weighted by Gasteiger charge is 2.24. The van der Waals surface area contributed by atoms with Crippen LogP contribution in [0.5, 0.6) is 0 Å². The van der Waals surface area contributed by atoms with E-state index < -0.39 is 0 Å². The molecule has 0 aromatic carbocycles. The second-order valence-electron chi connectivity index (χ2n) is 8.25. The molecular weight excluding hydrogens is 296 g/mol. The van der Waals surface area contributed by atoms with Crippen molar-refractivity contribution in [1.29, 1.82) is 0 Å². The summed E-state index contributed by atoms with van der Waals surface area (Å²) in [6.07, 6.45) is 17.3. The first kappa shape index (κ1) is 20.0. The third-order valence-electron chi connectivity index (χ3n) is 6.21. The highest BCUT2D eigenvalue weighted by atomic mass is 16.5. The van der Waals surface area contributed by atoms with Crippen molar-refractivity contribution in [3.8, 4) is 0 Å². The molecule has 0 aromatic rings. The smallest absolute Gasteiger partial charge is 0.0644 e. The second-order valence-corrected chi connectivity index (χ2v) is 8.25. The third-order valence-corrected chi connectivity index (χ3v) is 6.21. The number of rotatable bonds is 11. The fraction of sp³-hybridized carbons (Fsp3) is 0.909. The van der Waals surface area contributed by atoms with Crippen molar-refractivity contribution < 1.29 is 9.47 Å². The third kappa shape index (κ3) is 7.70. The first-order chi connectivity index (χ1) is 11.8. The minimum absolute atomic E-state index is 0.714. The van der Waals surface area contributed by atoms with E-state index in [9.17, 15) is 0 Å². The van der Waals surface area contributed by atoms with Gasteiger partial charge in [0.05, 0.1) is 6.61 Å². The van der Waals surface area contributed by atoms with Gasteiger partial charge in [-0.1, -0.05) is 51.5 Å². The summed E-state index contributed by atoms with van der Waals surface area (Å²) in [6, 6.07) is 0. The molecule has 0 N–H and O–H groups in total. The Labute approximate surface area is 150 Å². The van der Waals surface area contributed by atoms with E-state index >= 15 is 0 Å². The van der Waals surface area contributed by atoms with Gasteiger partial charge in [-0.25, -0.2) is 0 Å². The largest absolute Gasteiger partial charge is 0.381 e. The fourth-order valence-electron chi connectivity index (χ4n) is 4.56. The molecule has 2 heteroatoms. The zero-order valence-corrected chi connectivity index (χ0v) is 16.0. The topological polar surface area (TPSA) is 18.5 Å². The van der Waals surface area contributed by atoms with Crippen LogP contribution in [0.1, 0.15) is 77.6 Å². The van der Waals surface area contributed by atoms with Crippen molar-refractivity contribution in [2.24, 2.45) is 23.7 Å². The van der Waals surface area contributed by atoms with Crippen LogP contribution in [0, 0.1) is 23.7 Å². The summed E-state index contributed by atoms with van der Waals surface area (Å²) < 4.78 is 11.4. The molecule has 0 spiro atoms. The van der Waals surface area contributed by atoms with E-state index in [1.165, 1.54) is 64.2 Å². The molecule has 0 saturated heterocycles. The van der Waals surface area contributed by atoms with Crippen LogP contribution < -0.4 is 0 Å². The maximum atomic E-state index is 5.74. The quantitative estimate of drug-likeness (QED) is 0.340. The summed E-state index contributed by atoms with van der Waals surface area (Å²) in [6.45, 7) is 9.53. The van der Waals surface area contributed by atoms with Crippen molar-refractivity contribution in [2.45, 2.75) is 77.6 Å². The van der Waals surface area contributed by atoms with Gasteiger partial charge in [-0.15, -0.1) is 6.58 Å². The van der Waals surface area contributed by atoms with E-state index in [0.29, 0.717) is 6.61 Å². The SMILES string of the molecule is C=CCOCC1CCC(CC[C@H]2CC[C@H](COCCC)CC2)CC1. The van der Waals surface area contributed by atoms with Crippen LogP contribution in [-0.2, 0) is 9.47 Å². The lowest BCUT2D eigenvalue weighted by atomic mass is 9.76. The van der Waals surface area contributed by atoms with Gasteiger partial charge in [0.15, 0.2) is 0 Å². The van der Waals surface area contributed by atoms with E-state index in [1.54, 1.807) is 0 Å². The molecule has 0 heterocycles. The second kappa shape index (κ2) is 12.1. The van der Waals surface area contributed by atoms with E-state index in [1.807, 2.05) is 6.08 Å². The van der Waals surface area contributed by atoms with Gasteiger partial charge in [-0.3, -0.25) is 0 Å². The summed E-state index contributed by atoms with van der Waals surface area (Å²) in [5, 5.41) is 0. The van der Waals surface area contributed by atoms with Gasteiger partial charge in [-0.05, 0) is 55.8 Å². The molecule has 0 atom stereocenters. The molecule has 2 rings (SSSR count). The van der Waals surface area contributed by atoms with Gasteiger partial charge in [0, 0.05) is 19.8 Å². The lowest BCUT2D eigenvalue weighted by Crippen LogP contribution is -2.21. The van der Waals surface area contributed by atoms with E-state index in [0.717, 1.165) is 49.9 Å². The summed E-state index contributed by atoms with van der Waals surface area (Å²) in [5.41, 5.74) is 0. The predicted molar refractivity (Wildman–Crippen MR) is 102 cm³/mol. The minimum atomic E-state index is 0.714. The molecule has 2 aliphatic rings. The van der Waals surface area contributed by atoms with Gasteiger partial charge < -0.3 is 9.47 Å². The predicted octanol–water partition coefficient (Wildman–Crippen LogP) is 6.01. The molecule has 140 valence electrons. The van der Waals surface area contributed by atoms with Crippen LogP contribution >= 0.6 is 0 Å². The van der Waals surface area contributed by atoms with Crippen molar-refractivity contribution in [3.05, 3.63) is 12.7 Å². The Hall–Kier alpha value is -0.340. The van der Waals surface area contributed by atoms with Crippen LogP contribution in [0.25, 0.3) is 0 Å². The number of ether oxygens (including phenoxy) is 2. The van der Waals surface area contributed by atoms with E-state index in [-0.39, 0.29) is 0 Å². The Kier molecular flexibility index (Phi) is 10.1. The molecule has 2 nitrogen and oxygen atoms in total. The fourth-order valence-corrected chi connectivity index (χ4v) is 4.56. The molecule has 2 saturated carbocycles. The zero-order valence-electron chi connectivity index (χ0n) is 16.0. The van der Waals surface area contributed by atoms with Crippen LogP contribution in [-0.4, -0.2) is 26.4 Å². The summed E-state index contributed by atoms with van der Waals surface area (Å²) in [4.78, 5) is 0. The number of hydrogen-bond donors (Lipinski definition) is 0. The summed E-state index contributed by atoms with van der Waals surface area (Å²) >= 11 is 0. The van der Waals surface area contributed by atoms with Gasteiger partial charge in [-0.2, -0.15) is 0 Å². The Morgan fingerprint density at radius 1 is 0.750 bits per heavy atom. The molecule has 0 amide bonds. The highest BCUT2D eigenvalue weighted by molar-refractivity contribution is 4.77. The molecule has 0 bridgehead atoms. The molecule has 2 aliphatic carbocycles. The number of hydrogen-bond acceptors (Lipinski definition) is 2. The normalized spacial score (nSPS) is 31.0. The average molecular weight is 337 g/mol. The summed E-state index contributed by atoms with van der Waals surface area (Å²) in [7, 11) is 0. The van der Waals surface area contributed by atoms with Crippen molar-refractivity contribution >= 4 is 0 Å². The molecule has 0 aliphatic heterocycles. The molecule has 0 radical (unpaired) electrons. The standard InChI is InChI=1S/C22H40O2/c1-3-15-23-17-21-11-7-19(8-12-21)5-6-20-9-13-22(14-10-20)18-24-16-4-2/h3,19-22H,1,4-18H2,2H3/t19?,20-,21?,22-. The first-order valence-corrected chi connectivity index (χ1v) is 10.6. The molecule has 24 heavy (non-hydrogen) atoms. The van der Waals surface area contributed by atoms with Crippen molar-refractivity contribution in [3.63, 3.8) is 0 Å². The monoisotopic (exact) mass is 336 g/mol. The van der Waals surface area contributed by atoms with Crippen LogP contribution in [0.3, 0.4) is 0 Å². The van der Waals surface area contributed by atoms with Crippen molar-refractivity contribution in [1.82, 2.24) is 0 Å². The highest BCUT2D eigenvalue weighted by Crippen LogP contribution is 2.36. The van der Waals surface area contributed by atoms with Gasteiger partial charge in [0.25, 0.3) is 0 Å². The maximum absolute atomic E-state index is 5.74. The van der Waals surface area contributed by atoms with E-state index in [4.69, 9.17) is 9.47 Å². The van der Waals surface area contributed by atoms with Crippen LogP contribution in [0.15, 0.2) is 12.7 Å². The Morgan fingerprint density at radius 2 is 1.21 bits per heavy atom. The lowest BCUT2D eigenvalue weighted by Gasteiger charge is -2.32. The van der Waals surface area contributed by atoms with E-state index in [2.05, 4.69) is 13.5 Å². The maximum Gasteiger partial charge on any atom is 0.0644 e. The van der Waals surface area contributed by atoms with Gasteiger partial charge >= 0.3 is 0 Å². The Balaban J connectivity index is 1.50. The van der Waals surface area contributed by atoms with Crippen LogP contribution in [0.4, 0.5) is 0 Å². The Morgan fingerprint density at radius 3 is 1.67 bits per heavy atom. The van der Waals surface area contributed by atoms with Crippen molar-refractivity contribution in [2.75, 3.05) is 26.4 Å². The molecule has 0 aromatic heterocycles. The Bertz CT molecular complexity index is 312. The van der Waals surface area contributed by atoms with Gasteiger partial charge in [0.2, 0.25) is 0 Å². The minimum Gasteiger partial charge on any atom is -0.381 e. The lowest BCUT2D eigenvalue weighted by molar-refractivity contribution is 0.0750. The average Bonchev–Trinajstić information content (AvgIpc) is 2.63. The molecule has 2 fully saturated rings. The van der Waals surface area contributed by atoms with Crippen LogP contribution in [0.2, 0.25) is 0 Å². The molecule has 0 unspecified atom stereocenters. The summed E-state index contributed by atoms with van der Waals surface area (Å²) in [5.74, 6) is 3.64. The zero-order chi connectivity index (χ0) is 17.0. The molecular formula is C22H40O2.